The van der Waals surface area contributed by atoms with Crippen molar-refractivity contribution in [2.75, 3.05) is 13.1 Å². The van der Waals surface area contributed by atoms with Gasteiger partial charge in [-0.25, -0.2) is 0 Å². The van der Waals surface area contributed by atoms with Crippen molar-refractivity contribution in [2.24, 2.45) is 5.92 Å². The largest absolute Gasteiger partial charge is 0.481 e. The fourth-order valence-electron chi connectivity index (χ4n) is 4.26. The van der Waals surface area contributed by atoms with Gasteiger partial charge in [-0.1, -0.05) is 36.4 Å². The number of hydrogen-bond acceptors (Lipinski definition) is 3. The van der Waals surface area contributed by atoms with Crippen molar-refractivity contribution in [3.8, 4) is 0 Å². The first-order valence-electron chi connectivity index (χ1n) is 9.82. The molecule has 7 heteroatoms. The molecule has 0 spiro atoms. The smallest absolute Gasteiger partial charge is 0.416 e. The topological polar surface area (TPSA) is 53.4 Å². The van der Waals surface area contributed by atoms with Gasteiger partial charge in [-0.3, -0.25) is 14.7 Å². The third-order valence-corrected chi connectivity index (χ3v) is 5.66. The number of carboxylic acids is 1. The highest BCUT2D eigenvalue weighted by atomic mass is 19.4. The zero-order chi connectivity index (χ0) is 21.3. The molecule has 0 radical (unpaired) electrons. The molecule has 4 rings (SSSR count). The first-order chi connectivity index (χ1) is 14.3. The van der Waals surface area contributed by atoms with Gasteiger partial charge in [0.2, 0.25) is 0 Å². The first-order valence-corrected chi connectivity index (χ1v) is 9.82. The molecule has 2 unspecified atom stereocenters. The van der Waals surface area contributed by atoms with E-state index in [1.807, 2.05) is 35.2 Å². The van der Waals surface area contributed by atoms with E-state index in [2.05, 4.69) is 4.98 Å². The Kier molecular flexibility index (Phi) is 5.47. The van der Waals surface area contributed by atoms with E-state index in [0.29, 0.717) is 24.9 Å². The summed E-state index contributed by atoms with van der Waals surface area (Å²) in [5.74, 6) is -1.52. The van der Waals surface area contributed by atoms with Crippen LogP contribution in [0.15, 0.2) is 60.8 Å². The SMILES string of the molecule is O=C(O)C1CCCN(C(c2cnc3ccccc3c2)c2ccccc2C(F)(F)F)C1. The molecule has 2 atom stereocenters. The van der Waals surface area contributed by atoms with Crippen LogP contribution in [0.3, 0.4) is 0 Å². The number of benzene rings is 2. The molecule has 0 amide bonds. The van der Waals surface area contributed by atoms with Crippen LogP contribution in [0, 0.1) is 5.92 Å². The number of aliphatic carboxylic acids is 1. The number of halogens is 3. The lowest BCUT2D eigenvalue weighted by Gasteiger charge is -2.38. The number of fused-ring (bicyclic) bond motifs is 1. The van der Waals surface area contributed by atoms with Crippen LogP contribution in [-0.2, 0) is 11.0 Å². The van der Waals surface area contributed by atoms with Gasteiger partial charge in [0.25, 0.3) is 0 Å². The van der Waals surface area contributed by atoms with Gasteiger partial charge in [-0.05, 0) is 48.7 Å². The Morgan fingerprint density at radius 2 is 1.87 bits per heavy atom. The summed E-state index contributed by atoms with van der Waals surface area (Å²) in [6.07, 6.45) is -1.77. The minimum absolute atomic E-state index is 0.119. The van der Waals surface area contributed by atoms with Gasteiger partial charge in [0, 0.05) is 18.1 Å². The number of nitrogens with zero attached hydrogens (tertiary/aromatic N) is 2. The minimum Gasteiger partial charge on any atom is -0.481 e. The maximum atomic E-state index is 13.8. The van der Waals surface area contributed by atoms with E-state index in [4.69, 9.17) is 0 Å². The highest BCUT2D eigenvalue weighted by Gasteiger charge is 2.38. The zero-order valence-electron chi connectivity index (χ0n) is 16.1. The van der Waals surface area contributed by atoms with Crippen molar-refractivity contribution >= 4 is 16.9 Å². The predicted molar refractivity (Wildman–Crippen MR) is 107 cm³/mol. The van der Waals surface area contributed by atoms with Gasteiger partial charge in [-0.2, -0.15) is 13.2 Å². The maximum Gasteiger partial charge on any atom is 0.416 e. The van der Waals surface area contributed by atoms with Crippen LogP contribution < -0.4 is 0 Å². The Hall–Kier alpha value is -2.93. The van der Waals surface area contributed by atoms with E-state index in [-0.39, 0.29) is 12.1 Å². The van der Waals surface area contributed by atoms with Crippen LogP contribution in [0.1, 0.15) is 35.6 Å². The van der Waals surface area contributed by atoms with E-state index in [1.54, 1.807) is 12.3 Å². The fraction of sp³-hybridized carbons (Fsp3) is 0.304. The molecule has 2 heterocycles. The lowest BCUT2D eigenvalue weighted by atomic mass is 9.89. The molecule has 0 saturated carbocycles. The molecule has 30 heavy (non-hydrogen) atoms. The van der Waals surface area contributed by atoms with Crippen LogP contribution >= 0.6 is 0 Å². The summed E-state index contributed by atoms with van der Waals surface area (Å²) >= 11 is 0. The van der Waals surface area contributed by atoms with Crippen LogP contribution in [0.5, 0.6) is 0 Å². The molecular weight excluding hydrogens is 393 g/mol. The maximum absolute atomic E-state index is 13.8. The summed E-state index contributed by atoms with van der Waals surface area (Å²) in [5, 5.41) is 10.3. The second-order valence-electron chi connectivity index (χ2n) is 7.62. The van der Waals surface area contributed by atoms with Crippen LogP contribution in [0.25, 0.3) is 10.9 Å². The normalized spacial score (nSPS) is 19.0. The first kappa shape index (κ1) is 20.3. The molecule has 1 N–H and O–H groups in total. The minimum atomic E-state index is -4.51. The molecule has 1 aliphatic heterocycles. The zero-order valence-corrected chi connectivity index (χ0v) is 16.1. The molecule has 3 aromatic rings. The molecular formula is C23H21F3N2O2. The van der Waals surface area contributed by atoms with Crippen LogP contribution in [0.2, 0.25) is 0 Å². The highest BCUT2D eigenvalue weighted by molar-refractivity contribution is 5.79. The van der Waals surface area contributed by atoms with Gasteiger partial charge in [0.05, 0.1) is 23.0 Å². The van der Waals surface area contributed by atoms with Crippen molar-refractivity contribution in [3.63, 3.8) is 0 Å². The molecule has 1 fully saturated rings. The average molecular weight is 414 g/mol. The van der Waals surface area contributed by atoms with E-state index in [1.165, 1.54) is 12.1 Å². The van der Waals surface area contributed by atoms with Crippen molar-refractivity contribution in [2.45, 2.75) is 25.1 Å². The summed E-state index contributed by atoms with van der Waals surface area (Å²) in [4.78, 5) is 17.9. The number of likely N-dealkylation sites (tertiary alicyclic amines) is 1. The number of rotatable bonds is 4. The summed E-state index contributed by atoms with van der Waals surface area (Å²) in [6.45, 7) is 0.715. The van der Waals surface area contributed by atoms with Crippen molar-refractivity contribution < 1.29 is 23.1 Å². The lowest BCUT2D eigenvalue weighted by molar-refractivity contribution is -0.144. The van der Waals surface area contributed by atoms with Crippen LogP contribution in [-0.4, -0.2) is 34.0 Å². The van der Waals surface area contributed by atoms with E-state index in [9.17, 15) is 23.1 Å². The second kappa shape index (κ2) is 8.07. The third kappa shape index (κ3) is 4.03. The molecule has 1 saturated heterocycles. The number of carboxylic acid groups (broad SMARTS) is 1. The van der Waals surface area contributed by atoms with Crippen LogP contribution in [0.4, 0.5) is 13.2 Å². The van der Waals surface area contributed by atoms with Gasteiger partial charge < -0.3 is 5.11 Å². The standard InChI is InChI=1S/C23H21F3N2O2/c24-23(25,26)19-9-3-2-8-18(19)21(28-11-5-7-16(14-28)22(29)30)17-12-15-6-1-4-10-20(15)27-13-17/h1-4,6,8-10,12-13,16,21H,5,7,11,14H2,(H,29,30). The molecule has 1 aliphatic rings. The predicted octanol–water partition coefficient (Wildman–Crippen LogP) is 5.14. The Balaban J connectivity index is 1.86. The molecule has 1 aromatic heterocycles. The highest BCUT2D eigenvalue weighted by Crippen LogP contribution is 2.40. The van der Waals surface area contributed by atoms with Gasteiger partial charge in [-0.15, -0.1) is 0 Å². The Morgan fingerprint density at radius 1 is 1.13 bits per heavy atom. The number of carbonyl (C=O) groups is 1. The second-order valence-corrected chi connectivity index (χ2v) is 7.62. The van der Waals surface area contributed by atoms with Crippen molar-refractivity contribution in [1.82, 2.24) is 9.88 Å². The lowest BCUT2D eigenvalue weighted by Crippen LogP contribution is -2.41. The number of alkyl halides is 3. The summed E-state index contributed by atoms with van der Waals surface area (Å²) < 4.78 is 41.5. The Labute approximate surface area is 172 Å². The number of aromatic nitrogens is 1. The van der Waals surface area contributed by atoms with E-state index >= 15 is 0 Å². The van der Waals surface area contributed by atoms with E-state index < -0.39 is 29.7 Å². The Bertz CT molecular complexity index is 1070. The Morgan fingerprint density at radius 3 is 2.63 bits per heavy atom. The number of para-hydroxylation sites is 1. The number of hydrogen-bond donors (Lipinski definition) is 1. The molecule has 0 bridgehead atoms. The van der Waals surface area contributed by atoms with Crippen molar-refractivity contribution in [3.05, 3.63) is 77.5 Å². The number of piperidine rings is 1. The van der Waals surface area contributed by atoms with Gasteiger partial charge in [0.1, 0.15) is 0 Å². The van der Waals surface area contributed by atoms with Gasteiger partial charge >= 0.3 is 12.1 Å². The number of pyridine rings is 1. The fourth-order valence-corrected chi connectivity index (χ4v) is 4.26. The molecule has 0 aliphatic carbocycles. The monoisotopic (exact) mass is 414 g/mol. The molecule has 2 aromatic carbocycles. The molecule has 4 nitrogen and oxygen atoms in total. The third-order valence-electron chi connectivity index (χ3n) is 5.66. The van der Waals surface area contributed by atoms with Crippen molar-refractivity contribution in [1.29, 1.82) is 0 Å². The van der Waals surface area contributed by atoms with E-state index in [0.717, 1.165) is 17.0 Å². The quantitative estimate of drug-likeness (QED) is 0.642. The summed E-state index contributed by atoms with van der Waals surface area (Å²) in [5.41, 5.74) is 0.788. The summed E-state index contributed by atoms with van der Waals surface area (Å²) in [6, 6.07) is 14.1. The molecule has 156 valence electrons. The van der Waals surface area contributed by atoms with Gasteiger partial charge in [0.15, 0.2) is 0 Å². The summed E-state index contributed by atoms with van der Waals surface area (Å²) in [7, 11) is 0. The average Bonchev–Trinajstić information content (AvgIpc) is 2.74.